The zero-order chi connectivity index (χ0) is 14.1. The molecule has 20 heavy (non-hydrogen) atoms. The van der Waals surface area contributed by atoms with Crippen LogP contribution in [0.5, 0.6) is 11.6 Å². The topological polar surface area (TPSA) is 69.7 Å². The molecule has 0 radical (unpaired) electrons. The van der Waals surface area contributed by atoms with Crippen molar-refractivity contribution in [2.24, 2.45) is 0 Å². The van der Waals surface area contributed by atoms with Crippen molar-refractivity contribution in [3.63, 3.8) is 0 Å². The van der Waals surface area contributed by atoms with Crippen molar-refractivity contribution in [2.45, 2.75) is 4.90 Å². The number of hydrogen-bond acceptors (Lipinski definition) is 6. The molecule has 0 saturated heterocycles. The van der Waals surface area contributed by atoms with Crippen LogP contribution in [-0.2, 0) is 0 Å². The first kappa shape index (κ1) is 12.9. The number of thiazole rings is 1. The molecule has 6 nitrogen and oxygen atoms in total. The van der Waals surface area contributed by atoms with E-state index in [-0.39, 0.29) is 11.7 Å². The van der Waals surface area contributed by atoms with Crippen molar-refractivity contribution in [1.82, 2.24) is 9.38 Å². The van der Waals surface area contributed by atoms with Crippen molar-refractivity contribution in [3.8, 4) is 11.6 Å². The summed E-state index contributed by atoms with van der Waals surface area (Å²) in [5.41, 5.74) is 0. The summed E-state index contributed by atoms with van der Waals surface area (Å²) in [6.07, 6.45) is 3.58. The van der Waals surface area contributed by atoms with E-state index in [0.717, 1.165) is 4.90 Å². The van der Waals surface area contributed by atoms with Crippen molar-refractivity contribution in [2.75, 3.05) is 6.26 Å². The molecular formula is C12H9N3O3S2. The molecule has 0 saturated carbocycles. The van der Waals surface area contributed by atoms with Crippen LogP contribution in [0.15, 0.2) is 40.7 Å². The third-order valence-corrected chi connectivity index (χ3v) is 4.15. The van der Waals surface area contributed by atoms with Crippen LogP contribution in [0.1, 0.15) is 0 Å². The summed E-state index contributed by atoms with van der Waals surface area (Å²) in [6, 6.07) is 7.32. The predicted octanol–water partition coefficient (Wildman–Crippen LogP) is 3.82. The summed E-state index contributed by atoms with van der Waals surface area (Å²) in [7, 11) is 0. The van der Waals surface area contributed by atoms with E-state index in [0.29, 0.717) is 10.7 Å². The lowest BCUT2D eigenvalue weighted by Crippen LogP contribution is -1.95. The Morgan fingerprint density at radius 2 is 2.15 bits per heavy atom. The van der Waals surface area contributed by atoms with Gasteiger partial charge in [0, 0.05) is 10.3 Å². The van der Waals surface area contributed by atoms with Gasteiger partial charge < -0.3 is 14.9 Å². The van der Waals surface area contributed by atoms with Crippen LogP contribution >= 0.6 is 23.1 Å². The fourth-order valence-corrected chi connectivity index (χ4v) is 2.85. The molecule has 0 aliphatic carbocycles. The average molecular weight is 307 g/mol. The van der Waals surface area contributed by atoms with Gasteiger partial charge in [0.25, 0.3) is 4.96 Å². The molecule has 0 amide bonds. The number of nitrogens with zero attached hydrogens (tertiary/aromatic N) is 3. The summed E-state index contributed by atoms with van der Waals surface area (Å²) in [6.45, 7) is 0. The Bertz CT molecular complexity index is 764. The van der Waals surface area contributed by atoms with Gasteiger partial charge in [0.15, 0.2) is 0 Å². The highest BCUT2D eigenvalue weighted by molar-refractivity contribution is 7.98. The number of rotatable bonds is 4. The van der Waals surface area contributed by atoms with Gasteiger partial charge in [-0.2, -0.15) is 9.38 Å². The Hall–Kier alpha value is -2.06. The lowest BCUT2D eigenvalue weighted by molar-refractivity contribution is -0.391. The van der Waals surface area contributed by atoms with Crippen LogP contribution < -0.4 is 4.74 Å². The first-order chi connectivity index (χ1) is 9.69. The zero-order valence-electron chi connectivity index (χ0n) is 10.3. The summed E-state index contributed by atoms with van der Waals surface area (Å²) in [4.78, 5) is 16.4. The highest BCUT2D eigenvalue weighted by Gasteiger charge is 2.25. The molecular weight excluding hydrogens is 298 g/mol. The Kier molecular flexibility index (Phi) is 3.33. The maximum atomic E-state index is 11.2. The number of nitro groups is 1. The lowest BCUT2D eigenvalue weighted by atomic mass is 10.3. The van der Waals surface area contributed by atoms with E-state index in [1.807, 2.05) is 18.4 Å². The van der Waals surface area contributed by atoms with E-state index in [1.54, 1.807) is 35.5 Å². The fraction of sp³-hybridized carbons (Fsp3) is 0.0833. The number of aromatic nitrogens is 2. The molecule has 8 heteroatoms. The predicted molar refractivity (Wildman–Crippen MR) is 78.0 cm³/mol. The van der Waals surface area contributed by atoms with E-state index in [2.05, 4.69) is 4.98 Å². The summed E-state index contributed by atoms with van der Waals surface area (Å²) >= 11 is 2.94. The molecule has 102 valence electrons. The third-order valence-electron chi connectivity index (χ3n) is 2.65. The number of imidazole rings is 1. The molecule has 0 aliphatic heterocycles. The smallest absolute Gasteiger partial charge is 0.393 e. The second-order valence-corrected chi connectivity index (χ2v) is 5.58. The van der Waals surface area contributed by atoms with Crippen LogP contribution in [0, 0.1) is 10.1 Å². The molecule has 1 aromatic carbocycles. The third kappa shape index (κ3) is 2.23. The molecule has 0 aliphatic rings. The van der Waals surface area contributed by atoms with Crippen LogP contribution in [0.4, 0.5) is 5.82 Å². The second-order valence-electron chi connectivity index (χ2n) is 3.83. The van der Waals surface area contributed by atoms with Gasteiger partial charge in [0.05, 0.1) is 0 Å². The molecule has 0 spiro atoms. The minimum Gasteiger partial charge on any atom is -0.433 e. The molecule has 0 bridgehead atoms. The Balaban J connectivity index is 1.98. The van der Waals surface area contributed by atoms with Gasteiger partial charge in [-0.25, -0.2) is 0 Å². The van der Waals surface area contributed by atoms with E-state index < -0.39 is 4.92 Å². The number of ether oxygens (including phenoxy) is 1. The number of fused-ring (bicyclic) bond motifs is 1. The molecule has 3 rings (SSSR count). The van der Waals surface area contributed by atoms with Gasteiger partial charge in [-0.3, -0.25) is 0 Å². The van der Waals surface area contributed by atoms with E-state index in [9.17, 15) is 10.1 Å². The molecule has 0 N–H and O–H groups in total. The SMILES string of the molecule is CSc1ccc(Oc2nc3sccn3c2[N+](=O)[O-])cc1. The molecule has 0 fully saturated rings. The molecule has 0 atom stereocenters. The monoisotopic (exact) mass is 307 g/mol. The Morgan fingerprint density at radius 1 is 1.40 bits per heavy atom. The van der Waals surface area contributed by atoms with E-state index >= 15 is 0 Å². The van der Waals surface area contributed by atoms with Crippen molar-refractivity contribution in [3.05, 3.63) is 46.0 Å². The first-order valence-corrected chi connectivity index (χ1v) is 7.71. The maximum absolute atomic E-state index is 11.2. The molecule has 3 aromatic rings. The summed E-state index contributed by atoms with van der Waals surface area (Å²) in [5, 5.41) is 12.9. The van der Waals surface area contributed by atoms with E-state index in [4.69, 9.17) is 4.74 Å². The van der Waals surface area contributed by atoms with Crippen LogP contribution in [-0.4, -0.2) is 20.6 Å². The molecule has 2 aromatic heterocycles. The lowest BCUT2D eigenvalue weighted by Gasteiger charge is -2.03. The highest BCUT2D eigenvalue weighted by Crippen LogP contribution is 2.33. The highest BCUT2D eigenvalue weighted by atomic mass is 32.2. The Labute approximate surface area is 122 Å². The van der Waals surface area contributed by atoms with Gasteiger partial charge in [-0.15, -0.1) is 11.8 Å². The second kappa shape index (κ2) is 5.14. The minimum atomic E-state index is -0.488. The largest absolute Gasteiger partial charge is 0.433 e. The van der Waals surface area contributed by atoms with Crippen LogP contribution in [0.3, 0.4) is 0 Å². The Morgan fingerprint density at radius 3 is 2.80 bits per heavy atom. The zero-order valence-corrected chi connectivity index (χ0v) is 12.0. The van der Waals surface area contributed by atoms with Gasteiger partial charge >= 0.3 is 11.7 Å². The first-order valence-electron chi connectivity index (χ1n) is 5.61. The van der Waals surface area contributed by atoms with Crippen LogP contribution in [0.2, 0.25) is 0 Å². The molecule has 0 unspecified atom stereocenters. The van der Waals surface area contributed by atoms with Crippen molar-refractivity contribution >= 4 is 33.9 Å². The number of hydrogen-bond donors (Lipinski definition) is 0. The maximum Gasteiger partial charge on any atom is 0.393 e. The normalized spacial score (nSPS) is 10.8. The minimum absolute atomic E-state index is 0.0127. The fourth-order valence-electron chi connectivity index (χ4n) is 1.74. The van der Waals surface area contributed by atoms with Crippen molar-refractivity contribution < 1.29 is 9.66 Å². The quantitative estimate of drug-likeness (QED) is 0.416. The average Bonchev–Trinajstić information content (AvgIpc) is 2.99. The van der Waals surface area contributed by atoms with Crippen molar-refractivity contribution in [1.29, 1.82) is 0 Å². The standard InChI is InChI=1S/C12H9N3O3S2/c1-19-9-4-2-8(3-5-9)18-10-11(15(16)17)14-6-7-20-12(14)13-10/h2-7H,1H3. The van der Waals surface area contributed by atoms with E-state index in [1.165, 1.54) is 15.7 Å². The van der Waals surface area contributed by atoms with Gasteiger partial charge in [-0.05, 0) is 35.4 Å². The molecule has 2 heterocycles. The van der Waals surface area contributed by atoms with Gasteiger partial charge in [-0.1, -0.05) is 11.3 Å². The number of benzene rings is 1. The summed E-state index contributed by atoms with van der Waals surface area (Å²) < 4.78 is 6.95. The summed E-state index contributed by atoms with van der Waals surface area (Å²) in [5.74, 6) is 0.380. The van der Waals surface area contributed by atoms with Gasteiger partial charge in [0.2, 0.25) is 0 Å². The van der Waals surface area contributed by atoms with Gasteiger partial charge in [0.1, 0.15) is 11.9 Å². The van der Waals surface area contributed by atoms with Crippen LogP contribution in [0.25, 0.3) is 4.96 Å². The number of thioether (sulfide) groups is 1.